The minimum atomic E-state index is -0.262. The highest BCUT2D eigenvalue weighted by Crippen LogP contribution is 2.22. The molecule has 1 aromatic rings. The molecule has 0 radical (unpaired) electrons. The van der Waals surface area contributed by atoms with E-state index in [0.717, 1.165) is 29.9 Å². The molecule has 1 aromatic heterocycles. The van der Waals surface area contributed by atoms with Crippen molar-refractivity contribution in [1.82, 2.24) is 5.43 Å². The quantitative estimate of drug-likeness (QED) is 0.315. The number of hydrazine groups is 1. The van der Waals surface area contributed by atoms with Crippen molar-refractivity contribution < 1.29 is 14.3 Å². The topological polar surface area (TPSA) is 73.6 Å². The summed E-state index contributed by atoms with van der Waals surface area (Å²) in [5, 5.41) is 0. The molecule has 108 valence electrons. The molecule has 1 amide bonds. The fourth-order valence-corrected chi connectivity index (χ4v) is 2.43. The van der Waals surface area contributed by atoms with Crippen LogP contribution in [0.4, 0.5) is 0 Å². The van der Waals surface area contributed by atoms with Gasteiger partial charge in [0.15, 0.2) is 0 Å². The zero-order valence-corrected chi connectivity index (χ0v) is 12.3. The molecule has 0 bridgehead atoms. The first-order chi connectivity index (χ1) is 9.19. The molecule has 0 aliphatic heterocycles. The number of hydrogen-bond donors (Lipinski definition) is 2. The van der Waals surface area contributed by atoms with Crippen LogP contribution < -0.4 is 11.3 Å². The zero-order chi connectivity index (χ0) is 14.1. The van der Waals surface area contributed by atoms with Crippen LogP contribution in [0.5, 0.6) is 0 Å². The van der Waals surface area contributed by atoms with Crippen molar-refractivity contribution in [2.45, 2.75) is 33.3 Å². The van der Waals surface area contributed by atoms with E-state index in [1.165, 1.54) is 11.3 Å². The fraction of sp³-hybridized carbons (Fsp3) is 0.615. The van der Waals surface area contributed by atoms with Crippen LogP contribution in [0, 0.1) is 6.92 Å². The highest BCUT2D eigenvalue weighted by Gasteiger charge is 2.11. The first kappa shape index (κ1) is 16.1. The number of carbonyl (C=O) groups excluding carboxylic acids is 1. The average molecular weight is 286 g/mol. The molecule has 6 heteroatoms. The van der Waals surface area contributed by atoms with Crippen LogP contribution in [0.25, 0.3) is 0 Å². The van der Waals surface area contributed by atoms with Crippen LogP contribution in [0.15, 0.2) is 6.07 Å². The van der Waals surface area contributed by atoms with E-state index >= 15 is 0 Å². The number of thiophene rings is 1. The van der Waals surface area contributed by atoms with E-state index in [1.807, 2.05) is 13.0 Å². The Bertz CT molecular complexity index is 393. The minimum absolute atomic E-state index is 0.262. The normalized spacial score (nSPS) is 10.7. The molecule has 5 nitrogen and oxygen atoms in total. The van der Waals surface area contributed by atoms with E-state index < -0.39 is 0 Å². The van der Waals surface area contributed by atoms with Gasteiger partial charge >= 0.3 is 0 Å². The number of carbonyl (C=O) groups is 1. The molecule has 0 spiro atoms. The smallest absolute Gasteiger partial charge is 0.275 e. The Morgan fingerprint density at radius 3 is 2.79 bits per heavy atom. The third kappa shape index (κ3) is 5.69. The van der Waals surface area contributed by atoms with Gasteiger partial charge < -0.3 is 9.47 Å². The first-order valence-electron chi connectivity index (χ1n) is 6.44. The lowest BCUT2D eigenvalue weighted by atomic mass is 10.2. The molecule has 0 aliphatic rings. The van der Waals surface area contributed by atoms with Gasteiger partial charge in [-0.05, 0) is 25.0 Å². The molecule has 0 fully saturated rings. The van der Waals surface area contributed by atoms with Crippen molar-refractivity contribution in [3.8, 4) is 0 Å². The Balaban J connectivity index is 2.26. The SMILES string of the molecule is CCCCOCCOCc1cc(C(=O)NN)sc1C. The molecule has 0 aliphatic carbocycles. The summed E-state index contributed by atoms with van der Waals surface area (Å²) in [5.74, 6) is 4.84. The molecule has 0 aromatic carbocycles. The van der Waals surface area contributed by atoms with Gasteiger partial charge in [0.25, 0.3) is 5.91 Å². The third-order valence-electron chi connectivity index (χ3n) is 2.65. The van der Waals surface area contributed by atoms with Crippen molar-refractivity contribution in [2.24, 2.45) is 5.84 Å². The lowest BCUT2D eigenvalue weighted by molar-refractivity contribution is 0.0396. The standard InChI is InChI=1S/C13H22N2O3S/c1-3-4-5-17-6-7-18-9-11-8-12(13(16)15-14)19-10(11)2/h8H,3-7,9,14H2,1-2H3,(H,15,16). The zero-order valence-electron chi connectivity index (χ0n) is 11.5. The second-order valence-electron chi connectivity index (χ2n) is 4.18. The van der Waals surface area contributed by atoms with E-state index in [4.69, 9.17) is 15.3 Å². The van der Waals surface area contributed by atoms with E-state index in [9.17, 15) is 4.79 Å². The minimum Gasteiger partial charge on any atom is -0.379 e. The summed E-state index contributed by atoms with van der Waals surface area (Å²) in [6.45, 7) is 6.56. The number of amides is 1. The predicted octanol–water partition coefficient (Wildman–Crippen LogP) is 1.99. The van der Waals surface area contributed by atoms with Crippen LogP contribution >= 0.6 is 11.3 Å². The average Bonchev–Trinajstić information content (AvgIpc) is 2.78. The third-order valence-corrected chi connectivity index (χ3v) is 3.74. The van der Waals surface area contributed by atoms with Crippen LogP contribution in [-0.2, 0) is 16.1 Å². The lowest BCUT2D eigenvalue weighted by Crippen LogP contribution is -2.29. The largest absolute Gasteiger partial charge is 0.379 e. The second-order valence-corrected chi connectivity index (χ2v) is 5.44. The molecule has 0 saturated carbocycles. The highest BCUT2D eigenvalue weighted by atomic mass is 32.1. The van der Waals surface area contributed by atoms with E-state index in [-0.39, 0.29) is 5.91 Å². The number of rotatable bonds is 9. The maximum atomic E-state index is 11.4. The number of aryl methyl sites for hydroxylation is 1. The van der Waals surface area contributed by atoms with Gasteiger partial charge in [-0.15, -0.1) is 11.3 Å². The van der Waals surface area contributed by atoms with E-state index in [1.54, 1.807) is 0 Å². The molecule has 0 saturated heterocycles. The van der Waals surface area contributed by atoms with E-state index in [0.29, 0.717) is 24.7 Å². The van der Waals surface area contributed by atoms with E-state index in [2.05, 4.69) is 12.3 Å². The van der Waals surface area contributed by atoms with Gasteiger partial charge in [0.05, 0.1) is 24.7 Å². The van der Waals surface area contributed by atoms with Crippen molar-refractivity contribution in [3.05, 3.63) is 21.4 Å². The molecule has 3 N–H and O–H groups in total. The summed E-state index contributed by atoms with van der Waals surface area (Å²) in [6, 6.07) is 1.82. The number of nitrogen functional groups attached to an aromatic ring is 1. The summed E-state index contributed by atoms with van der Waals surface area (Å²) >= 11 is 1.42. The number of ether oxygens (including phenoxy) is 2. The number of hydrogen-bond acceptors (Lipinski definition) is 5. The maximum absolute atomic E-state index is 11.4. The van der Waals surface area contributed by atoms with Gasteiger partial charge in [-0.3, -0.25) is 10.2 Å². The molecule has 1 heterocycles. The summed E-state index contributed by atoms with van der Waals surface area (Å²) in [5.41, 5.74) is 3.15. The molecular weight excluding hydrogens is 264 g/mol. The number of nitrogens with two attached hydrogens (primary N) is 1. The summed E-state index contributed by atoms with van der Waals surface area (Å²) in [7, 11) is 0. The Morgan fingerprint density at radius 2 is 2.11 bits per heavy atom. The number of nitrogens with one attached hydrogen (secondary N) is 1. The van der Waals surface area contributed by atoms with Crippen LogP contribution in [0.3, 0.4) is 0 Å². The van der Waals surface area contributed by atoms with Crippen LogP contribution in [0.2, 0.25) is 0 Å². The van der Waals surface area contributed by atoms with Gasteiger partial charge in [-0.25, -0.2) is 5.84 Å². The Kier molecular flexibility index (Phi) is 7.66. The second kappa shape index (κ2) is 9.03. The summed E-state index contributed by atoms with van der Waals surface area (Å²) in [6.07, 6.45) is 2.22. The van der Waals surface area contributed by atoms with Gasteiger partial charge in [0.2, 0.25) is 0 Å². The molecule has 0 unspecified atom stereocenters. The predicted molar refractivity (Wildman–Crippen MR) is 76.1 cm³/mol. The van der Waals surface area contributed by atoms with Crippen LogP contribution in [-0.4, -0.2) is 25.7 Å². The number of unbranched alkanes of at least 4 members (excludes halogenated alkanes) is 1. The van der Waals surface area contributed by atoms with Crippen molar-refractivity contribution in [3.63, 3.8) is 0 Å². The van der Waals surface area contributed by atoms with Crippen molar-refractivity contribution >= 4 is 17.2 Å². The van der Waals surface area contributed by atoms with Crippen LogP contribution in [0.1, 0.15) is 39.9 Å². The Labute approximate surface area is 118 Å². The van der Waals surface area contributed by atoms with Gasteiger partial charge in [-0.1, -0.05) is 13.3 Å². The Morgan fingerprint density at radius 1 is 1.37 bits per heavy atom. The summed E-state index contributed by atoms with van der Waals surface area (Å²) in [4.78, 5) is 13.1. The maximum Gasteiger partial charge on any atom is 0.275 e. The lowest BCUT2D eigenvalue weighted by Gasteiger charge is -2.05. The van der Waals surface area contributed by atoms with Gasteiger partial charge in [0.1, 0.15) is 0 Å². The Hall–Kier alpha value is -0.950. The van der Waals surface area contributed by atoms with Gasteiger partial charge in [0, 0.05) is 11.5 Å². The molecule has 19 heavy (non-hydrogen) atoms. The fourth-order valence-electron chi connectivity index (χ4n) is 1.49. The molecule has 0 atom stereocenters. The molecule has 1 rings (SSSR count). The highest BCUT2D eigenvalue weighted by molar-refractivity contribution is 7.14. The monoisotopic (exact) mass is 286 g/mol. The first-order valence-corrected chi connectivity index (χ1v) is 7.26. The molecular formula is C13H22N2O3S. The van der Waals surface area contributed by atoms with Gasteiger partial charge in [-0.2, -0.15) is 0 Å². The van der Waals surface area contributed by atoms with Crippen molar-refractivity contribution in [1.29, 1.82) is 0 Å². The van der Waals surface area contributed by atoms with Crippen molar-refractivity contribution in [2.75, 3.05) is 19.8 Å². The summed E-state index contributed by atoms with van der Waals surface area (Å²) < 4.78 is 10.9.